The van der Waals surface area contributed by atoms with E-state index in [0.29, 0.717) is 24.3 Å². The molecule has 1 aromatic rings. The van der Waals surface area contributed by atoms with Crippen molar-refractivity contribution in [3.8, 4) is 5.75 Å². The summed E-state index contributed by atoms with van der Waals surface area (Å²) in [7, 11) is 0. The van der Waals surface area contributed by atoms with Gasteiger partial charge in [-0.15, -0.1) is 0 Å². The molecule has 0 spiro atoms. The Morgan fingerprint density at radius 1 is 1.38 bits per heavy atom. The molecule has 0 heterocycles. The molecule has 0 bridgehead atoms. The number of rotatable bonds is 5. The Balaban J connectivity index is 2.91. The van der Waals surface area contributed by atoms with Crippen LogP contribution in [0.2, 0.25) is 0 Å². The first-order chi connectivity index (χ1) is 7.51. The van der Waals surface area contributed by atoms with Crippen LogP contribution >= 0.6 is 0 Å². The highest BCUT2D eigenvalue weighted by atomic mass is 16.5. The highest BCUT2D eigenvalue weighted by Gasteiger charge is 2.29. The summed E-state index contributed by atoms with van der Waals surface area (Å²) in [6, 6.07) is 7.20. The second-order valence-electron chi connectivity index (χ2n) is 4.12. The molecule has 1 aromatic carbocycles. The van der Waals surface area contributed by atoms with Crippen LogP contribution in [0.3, 0.4) is 0 Å². The summed E-state index contributed by atoms with van der Waals surface area (Å²) in [6.45, 7) is 5.97. The number of aliphatic hydroxyl groups is 2. The van der Waals surface area contributed by atoms with E-state index in [2.05, 4.69) is 0 Å². The van der Waals surface area contributed by atoms with Crippen molar-refractivity contribution < 1.29 is 14.9 Å². The molecule has 0 aliphatic carbocycles. The second-order valence-corrected chi connectivity index (χ2v) is 4.12. The standard InChI is InChI=1S/C13H20O3/c1-4-13(3,15)12(14)10-7-6-8-11(9-10)16-5-2/h6-9,12,14-15H,4-5H2,1-3H3. The molecule has 0 aromatic heterocycles. The Morgan fingerprint density at radius 2 is 2.06 bits per heavy atom. The number of hydrogen-bond donors (Lipinski definition) is 2. The zero-order valence-corrected chi connectivity index (χ0v) is 10.1. The fourth-order valence-electron chi connectivity index (χ4n) is 1.49. The second kappa shape index (κ2) is 5.32. The Morgan fingerprint density at radius 3 is 2.62 bits per heavy atom. The first-order valence-corrected chi connectivity index (χ1v) is 5.64. The Bertz CT molecular complexity index is 334. The molecule has 3 heteroatoms. The number of ether oxygens (including phenoxy) is 1. The molecule has 2 unspecified atom stereocenters. The molecule has 0 fully saturated rings. The molecular formula is C13H20O3. The average Bonchev–Trinajstić information content (AvgIpc) is 2.29. The average molecular weight is 224 g/mol. The van der Waals surface area contributed by atoms with E-state index in [-0.39, 0.29) is 0 Å². The molecule has 3 nitrogen and oxygen atoms in total. The van der Waals surface area contributed by atoms with Crippen LogP contribution in [0.4, 0.5) is 0 Å². The fourth-order valence-corrected chi connectivity index (χ4v) is 1.49. The van der Waals surface area contributed by atoms with E-state index in [4.69, 9.17) is 4.74 Å². The Hall–Kier alpha value is -1.06. The van der Waals surface area contributed by atoms with Crippen molar-refractivity contribution in [2.75, 3.05) is 6.61 Å². The highest BCUT2D eigenvalue weighted by molar-refractivity contribution is 5.31. The van der Waals surface area contributed by atoms with Crippen molar-refractivity contribution in [1.29, 1.82) is 0 Å². The van der Waals surface area contributed by atoms with Gasteiger partial charge in [-0.2, -0.15) is 0 Å². The zero-order chi connectivity index (χ0) is 12.2. The van der Waals surface area contributed by atoms with E-state index in [1.165, 1.54) is 0 Å². The lowest BCUT2D eigenvalue weighted by molar-refractivity contribution is -0.0659. The van der Waals surface area contributed by atoms with E-state index in [1.807, 2.05) is 26.0 Å². The van der Waals surface area contributed by atoms with Crippen LogP contribution in [0.1, 0.15) is 38.9 Å². The Kier molecular flexibility index (Phi) is 4.33. The summed E-state index contributed by atoms with van der Waals surface area (Å²) in [5.74, 6) is 0.714. The van der Waals surface area contributed by atoms with Gasteiger partial charge in [0, 0.05) is 0 Å². The SMILES string of the molecule is CCOc1cccc(C(O)C(C)(O)CC)c1. The summed E-state index contributed by atoms with van der Waals surface area (Å²) in [6.07, 6.45) is -0.398. The van der Waals surface area contributed by atoms with Gasteiger partial charge in [-0.1, -0.05) is 19.1 Å². The first kappa shape index (κ1) is 13.0. The van der Waals surface area contributed by atoms with Crippen molar-refractivity contribution in [1.82, 2.24) is 0 Å². The van der Waals surface area contributed by atoms with Crippen LogP contribution < -0.4 is 4.74 Å². The van der Waals surface area contributed by atoms with Crippen LogP contribution in [0.25, 0.3) is 0 Å². The zero-order valence-electron chi connectivity index (χ0n) is 10.1. The van der Waals surface area contributed by atoms with E-state index in [1.54, 1.807) is 19.1 Å². The maximum Gasteiger partial charge on any atom is 0.119 e. The van der Waals surface area contributed by atoms with Crippen LogP contribution in [0.15, 0.2) is 24.3 Å². The minimum Gasteiger partial charge on any atom is -0.494 e. The maximum atomic E-state index is 10.0. The summed E-state index contributed by atoms with van der Waals surface area (Å²) >= 11 is 0. The number of aliphatic hydroxyl groups excluding tert-OH is 1. The number of hydrogen-bond acceptors (Lipinski definition) is 3. The minimum absolute atomic E-state index is 0.493. The van der Waals surface area contributed by atoms with Gasteiger partial charge in [0.2, 0.25) is 0 Å². The van der Waals surface area contributed by atoms with Gasteiger partial charge >= 0.3 is 0 Å². The topological polar surface area (TPSA) is 49.7 Å². The van der Waals surface area contributed by atoms with Crippen molar-refractivity contribution >= 4 is 0 Å². The molecule has 1 rings (SSSR count). The number of benzene rings is 1. The van der Waals surface area contributed by atoms with Crippen LogP contribution in [-0.4, -0.2) is 22.4 Å². The van der Waals surface area contributed by atoms with Gasteiger partial charge in [-0.25, -0.2) is 0 Å². The van der Waals surface area contributed by atoms with E-state index in [9.17, 15) is 10.2 Å². The smallest absolute Gasteiger partial charge is 0.119 e. The van der Waals surface area contributed by atoms with Gasteiger partial charge < -0.3 is 14.9 Å². The molecule has 2 atom stereocenters. The van der Waals surface area contributed by atoms with Crippen molar-refractivity contribution in [2.45, 2.75) is 38.9 Å². The third-order valence-corrected chi connectivity index (χ3v) is 2.79. The molecule has 90 valence electrons. The monoisotopic (exact) mass is 224 g/mol. The van der Waals surface area contributed by atoms with E-state index >= 15 is 0 Å². The lowest BCUT2D eigenvalue weighted by Gasteiger charge is -2.28. The van der Waals surface area contributed by atoms with Crippen molar-refractivity contribution in [2.24, 2.45) is 0 Å². The van der Waals surface area contributed by atoms with E-state index < -0.39 is 11.7 Å². The van der Waals surface area contributed by atoms with Crippen LogP contribution in [0.5, 0.6) is 5.75 Å². The molecule has 0 aliphatic heterocycles. The quantitative estimate of drug-likeness (QED) is 0.806. The Labute approximate surface area is 96.7 Å². The molecule has 0 amide bonds. The third kappa shape index (κ3) is 2.97. The van der Waals surface area contributed by atoms with Gasteiger partial charge in [0.05, 0.1) is 12.2 Å². The summed E-state index contributed by atoms with van der Waals surface area (Å²) < 4.78 is 5.35. The van der Waals surface area contributed by atoms with Crippen molar-refractivity contribution in [3.63, 3.8) is 0 Å². The van der Waals surface area contributed by atoms with Crippen LogP contribution in [-0.2, 0) is 0 Å². The molecular weight excluding hydrogens is 204 g/mol. The molecule has 16 heavy (non-hydrogen) atoms. The van der Waals surface area contributed by atoms with Crippen molar-refractivity contribution in [3.05, 3.63) is 29.8 Å². The predicted molar refractivity (Wildman–Crippen MR) is 63.5 cm³/mol. The summed E-state index contributed by atoms with van der Waals surface area (Å²) in [5.41, 5.74) is -0.428. The molecule has 0 aliphatic rings. The fraction of sp³-hybridized carbons (Fsp3) is 0.538. The van der Waals surface area contributed by atoms with E-state index in [0.717, 1.165) is 0 Å². The van der Waals surface area contributed by atoms with Gasteiger partial charge in [0.25, 0.3) is 0 Å². The molecule has 0 saturated heterocycles. The largest absolute Gasteiger partial charge is 0.494 e. The lowest BCUT2D eigenvalue weighted by Crippen LogP contribution is -2.31. The van der Waals surface area contributed by atoms with Gasteiger partial charge in [0.15, 0.2) is 0 Å². The molecule has 0 saturated carbocycles. The molecule has 0 radical (unpaired) electrons. The third-order valence-electron chi connectivity index (χ3n) is 2.79. The maximum absolute atomic E-state index is 10.0. The van der Waals surface area contributed by atoms with Gasteiger partial charge in [-0.3, -0.25) is 0 Å². The van der Waals surface area contributed by atoms with Gasteiger partial charge in [-0.05, 0) is 38.0 Å². The predicted octanol–water partition coefficient (Wildman–Crippen LogP) is 2.28. The highest BCUT2D eigenvalue weighted by Crippen LogP contribution is 2.30. The lowest BCUT2D eigenvalue weighted by atomic mass is 9.90. The van der Waals surface area contributed by atoms with Gasteiger partial charge in [0.1, 0.15) is 11.9 Å². The normalized spacial score (nSPS) is 16.6. The molecule has 2 N–H and O–H groups in total. The summed E-state index contributed by atoms with van der Waals surface area (Å²) in [4.78, 5) is 0. The minimum atomic E-state index is -1.11. The first-order valence-electron chi connectivity index (χ1n) is 5.64. The van der Waals surface area contributed by atoms with Crippen LogP contribution in [0, 0.1) is 0 Å². The summed E-state index contributed by atoms with van der Waals surface area (Å²) in [5, 5.41) is 20.0.